The zero-order valence-electron chi connectivity index (χ0n) is 34.5. The number of hydrogen-bond acceptors (Lipinski definition) is 2. The van der Waals surface area contributed by atoms with Crippen molar-refractivity contribution in [1.29, 1.82) is 0 Å². The number of fused-ring (bicyclic) bond motifs is 7. The summed E-state index contributed by atoms with van der Waals surface area (Å²) in [4.78, 5) is 5.43. The summed E-state index contributed by atoms with van der Waals surface area (Å²) in [6, 6.07) is 42.3. The van der Waals surface area contributed by atoms with Gasteiger partial charge in [0.1, 0.15) is 17.0 Å². The van der Waals surface area contributed by atoms with Crippen molar-refractivity contribution in [3.8, 4) is 28.2 Å². The van der Waals surface area contributed by atoms with Gasteiger partial charge in [-0.15, -0.1) is 0 Å². The van der Waals surface area contributed by atoms with Crippen LogP contribution in [0.1, 0.15) is 86.7 Å². The van der Waals surface area contributed by atoms with Crippen LogP contribution in [0, 0.1) is 6.85 Å². The number of hydrogen-bond donors (Lipinski definition) is 0. The molecule has 0 atom stereocenters. The van der Waals surface area contributed by atoms with E-state index in [4.69, 9.17) is 13.5 Å². The highest BCUT2D eigenvalue weighted by atomic mass is 16.3. The summed E-state index contributed by atoms with van der Waals surface area (Å²) in [5.41, 5.74) is 11.1. The summed E-state index contributed by atoms with van der Waals surface area (Å²) < 4.78 is 35.3. The molecule has 0 saturated carbocycles. The Bertz CT molecular complexity index is 2960. The van der Waals surface area contributed by atoms with Crippen LogP contribution in [0.3, 0.4) is 0 Å². The molecule has 0 aliphatic carbocycles. The molecule has 0 N–H and O–H groups in total. The van der Waals surface area contributed by atoms with Crippen molar-refractivity contribution in [1.82, 2.24) is 9.55 Å². The molecule has 0 fully saturated rings. The Kier molecular flexibility index (Phi) is 6.87. The molecule has 3 heteroatoms. The Morgan fingerprint density at radius 1 is 0.660 bits per heavy atom. The smallest absolute Gasteiger partial charge is 0.149 e. The van der Waals surface area contributed by atoms with Gasteiger partial charge in [-0.2, -0.15) is 0 Å². The first kappa shape index (κ1) is 29.9. The van der Waals surface area contributed by atoms with E-state index >= 15 is 0 Å². The van der Waals surface area contributed by atoms with E-state index < -0.39 is 6.85 Å². The molecule has 262 valence electrons. The van der Waals surface area contributed by atoms with E-state index in [0.29, 0.717) is 16.6 Å². The number of benzene rings is 7. The van der Waals surface area contributed by atoms with Gasteiger partial charge in [0.25, 0.3) is 0 Å². The van der Waals surface area contributed by atoms with Crippen molar-refractivity contribution in [3.63, 3.8) is 0 Å². The molecular formula is C50H46N2O. The standard InChI is InChI=1S/C50H46N2O/c1-29(2)39-25-35(32-14-10-9-11-15-32)26-40(30(3)4)47(39)52-44-27-36(50(6,7)8)21-23-43(44)51-49(52)38-22-18-31(5)46-42-24-34-20-19-33-16-12-13-17-37(33)41(34)28-45(42)53-48(38)46/h9-30H,1-8H3/i5D3. The second-order valence-electron chi connectivity index (χ2n) is 16.2. The van der Waals surface area contributed by atoms with Crippen LogP contribution >= 0.6 is 0 Å². The van der Waals surface area contributed by atoms with Crippen molar-refractivity contribution in [2.75, 3.05) is 0 Å². The number of nitrogens with zero attached hydrogens (tertiary/aromatic N) is 2. The predicted molar refractivity (Wildman–Crippen MR) is 226 cm³/mol. The second-order valence-corrected chi connectivity index (χ2v) is 16.2. The maximum absolute atomic E-state index is 8.67. The SMILES string of the molecule is [2H]C([2H])([2H])c1ccc(-c2nc3ccc(C(C)(C)C)cc3n2-c2c(C(C)C)cc(-c3ccccc3)cc2C(C)C)c2oc3cc4c(ccc5ccccc54)cc3c12. The minimum absolute atomic E-state index is 0.0953. The maximum atomic E-state index is 8.67. The lowest BCUT2D eigenvalue weighted by molar-refractivity contribution is 0.591. The van der Waals surface area contributed by atoms with Crippen molar-refractivity contribution in [3.05, 3.63) is 144 Å². The molecule has 0 aliphatic rings. The fourth-order valence-corrected chi connectivity index (χ4v) is 8.12. The predicted octanol–water partition coefficient (Wildman–Crippen LogP) is 14.4. The van der Waals surface area contributed by atoms with E-state index in [9.17, 15) is 0 Å². The summed E-state index contributed by atoms with van der Waals surface area (Å²) in [5, 5.41) is 5.75. The van der Waals surface area contributed by atoms with Gasteiger partial charge >= 0.3 is 0 Å². The van der Waals surface area contributed by atoms with Crippen molar-refractivity contribution in [2.45, 2.75) is 72.6 Å². The van der Waals surface area contributed by atoms with Crippen LogP contribution in [-0.4, -0.2) is 9.55 Å². The summed E-state index contributed by atoms with van der Waals surface area (Å²) in [6.45, 7) is 13.4. The van der Waals surface area contributed by atoms with Crippen LogP contribution in [0.25, 0.3) is 82.7 Å². The van der Waals surface area contributed by atoms with E-state index in [1.807, 2.05) is 18.2 Å². The third-order valence-corrected chi connectivity index (χ3v) is 11.0. The lowest BCUT2D eigenvalue weighted by Gasteiger charge is -2.25. The fraction of sp³-hybridized carbons (Fsp3) is 0.220. The first-order valence-electron chi connectivity index (χ1n) is 20.3. The zero-order chi connectivity index (χ0) is 39.3. The average Bonchev–Trinajstić information content (AvgIpc) is 3.73. The topological polar surface area (TPSA) is 31.0 Å². The highest BCUT2D eigenvalue weighted by Crippen LogP contribution is 2.45. The van der Waals surface area contributed by atoms with Gasteiger partial charge in [-0.05, 0) is 121 Å². The molecule has 0 spiro atoms. The number of rotatable bonds is 5. The quantitative estimate of drug-likeness (QED) is 0.168. The van der Waals surface area contributed by atoms with E-state index in [0.717, 1.165) is 55.0 Å². The normalized spacial score (nSPS) is 13.6. The van der Waals surface area contributed by atoms with Crippen LogP contribution < -0.4 is 0 Å². The number of aromatic nitrogens is 2. The number of imidazole rings is 1. The van der Waals surface area contributed by atoms with Gasteiger partial charge in [0.05, 0.1) is 22.3 Å². The molecule has 0 unspecified atom stereocenters. The lowest BCUT2D eigenvalue weighted by atomic mass is 9.86. The van der Waals surface area contributed by atoms with Gasteiger partial charge < -0.3 is 4.42 Å². The molecule has 53 heavy (non-hydrogen) atoms. The Labute approximate surface area is 316 Å². The highest BCUT2D eigenvalue weighted by Gasteiger charge is 2.27. The van der Waals surface area contributed by atoms with Crippen molar-refractivity contribution < 1.29 is 8.53 Å². The van der Waals surface area contributed by atoms with E-state index in [-0.39, 0.29) is 22.8 Å². The van der Waals surface area contributed by atoms with Gasteiger partial charge in [-0.1, -0.05) is 127 Å². The molecule has 0 aliphatic heterocycles. The molecular weight excluding hydrogens is 645 g/mol. The van der Waals surface area contributed by atoms with Crippen LogP contribution in [-0.2, 0) is 5.41 Å². The fourth-order valence-electron chi connectivity index (χ4n) is 8.12. The van der Waals surface area contributed by atoms with Gasteiger partial charge in [-0.25, -0.2) is 4.98 Å². The summed E-state index contributed by atoms with van der Waals surface area (Å²) >= 11 is 0. The summed E-state index contributed by atoms with van der Waals surface area (Å²) in [7, 11) is 0. The van der Waals surface area contributed by atoms with E-state index in [1.54, 1.807) is 6.07 Å². The van der Waals surface area contributed by atoms with Crippen molar-refractivity contribution >= 4 is 54.5 Å². The lowest BCUT2D eigenvalue weighted by Crippen LogP contribution is -2.12. The first-order chi connectivity index (χ1) is 26.7. The van der Waals surface area contributed by atoms with Gasteiger partial charge in [0.2, 0.25) is 0 Å². The zero-order valence-corrected chi connectivity index (χ0v) is 31.5. The molecule has 3 nitrogen and oxygen atoms in total. The minimum atomic E-state index is -2.36. The molecule has 0 amide bonds. The Morgan fingerprint density at radius 3 is 2.09 bits per heavy atom. The Hall–Kier alpha value is -5.67. The minimum Gasteiger partial charge on any atom is -0.455 e. The highest BCUT2D eigenvalue weighted by molar-refractivity contribution is 6.18. The molecule has 0 radical (unpaired) electrons. The molecule has 7 aromatic carbocycles. The number of furan rings is 1. The van der Waals surface area contributed by atoms with Crippen LogP contribution in [0.4, 0.5) is 0 Å². The molecule has 0 bridgehead atoms. The van der Waals surface area contributed by atoms with Gasteiger partial charge in [-0.3, -0.25) is 4.57 Å². The molecule has 9 rings (SSSR count). The average molecular weight is 694 g/mol. The largest absolute Gasteiger partial charge is 0.455 e. The third-order valence-electron chi connectivity index (χ3n) is 11.0. The summed E-state index contributed by atoms with van der Waals surface area (Å²) in [6.07, 6.45) is 0. The second kappa shape index (κ2) is 12.2. The Balaban J connectivity index is 1.43. The molecule has 9 aromatic rings. The van der Waals surface area contributed by atoms with Gasteiger partial charge in [0.15, 0.2) is 0 Å². The van der Waals surface area contributed by atoms with Crippen LogP contribution in [0.2, 0.25) is 0 Å². The first-order valence-corrected chi connectivity index (χ1v) is 18.8. The van der Waals surface area contributed by atoms with E-state index in [2.05, 4.69) is 150 Å². The van der Waals surface area contributed by atoms with Crippen molar-refractivity contribution in [2.24, 2.45) is 0 Å². The summed E-state index contributed by atoms with van der Waals surface area (Å²) in [5.74, 6) is 1.10. The Morgan fingerprint density at radius 2 is 1.38 bits per heavy atom. The molecule has 2 heterocycles. The van der Waals surface area contributed by atoms with Crippen LogP contribution in [0.15, 0.2) is 126 Å². The van der Waals surface area contributed by atoms with Gasteiger partial charge in [0, 0.05) is 14.9 Å². The third kappa shape index (κ3) is 5.36. The van der Waals surface area contributed by atoms with E-state index in [1.165, 1.54) is 27.8 Å². The monoisotopic (exact) mass is 693 g/mol. The number of aryl methyl sites for hydroxylation is 1. The maximum Gasteiger partial charge on any atom is 0.149 e. The molecule has 0 saturated heterocycles. The molecule has 2 aromatic heterocycles. The van der Waals surface area contributed by atoms with Crippen LogP contribution in [0.5, 0.6) is 0 Å².